The van der Waals surface area contributed by atoms with E-state index in [1.54, 1.807) is 20.8 Å². The average molecular weight is 356 g/mol. The van der Waals surface area contributed by atoms with E-state index < -0.39 is 12.1 Å². The van der Waals surface area contributed by atoms with Crippen LogP contribution in [0.2, 0.25) is 0 Å². The molecule has 0 aliphatic heterocycles. The van der Waals surface area contributed by atoms with Crippen molar-refractivity contribution in [2.24, 2.45) is 0 Å². The Kier molecular flexibility index (Phi) is 5.13. The first kappa shape index (κ1) is 18.2. The van der Waals surface area contributed by atoms with Crippen molar-refractivity contribution < 1.29 is 19.4 Å². The average Bonchev–Trinajstić information content (AvgIpc) is 3.16. The van der Waals surface area contributed by atoms with Gasteiger partial charge in [-0.1, -0.05) is 6.07 Å². The number of anilines is 1. The Hall–Kier alpha value is -2.60. The minimum absolute atomic E-state index is 0.267. The van der Waals surface area contributed by atoms with Crippen molar-refractivity contribution >= 4 is 17.6 Å². The molecule has 0 saturated heterocycles. The van der Waals surface area contributed by atoms with E-state index in [1.807, 2.05) is 18.2 Å². The van der Waals surface area contributed by atoms with Crippen molar-refractivity contribution in [1.29, 1.82) is 0 Å². The number of hydrogen-bond acceptors (Lipinski definition) is 4. The normalized spacial score (nSPS) is 14.0. The number of aromatic amines is 1. The van der Waals surface area contributed by atoms with Gasteiger partial charge in [-0.05, 0) is 68.9 Å². The molecule has 6 heteroatoms. The van der Waals surface area contributed by atoms with Gasteiger partial charge in [0.05, 0.1) is 6.10 Å². The first-order valence-corrected chi connectivity index (χ1v) is 8.82. The highest BCUT2D eigenvalue weighted by Gasteiger charge is 2.21. The maximum absolute atomic E-state index is 12.2. The maximum atomic E-state index is 12.2. The summed E-state index contributed by atoms with van der Waals surface area (Å²) in [6, 6.07) is 5.89. The molecule has 1 amide bonds. The van der Waals surface area contributed by atoms with E-state index in [4.69, 9.17) is 4.74 Å². The molecule has 2 aromatic rings. The van der Waals surface area contributed by atoms with Crippen molar-refractivity contribution in [2.45, 2.75) is 46.1 Å². The number of nitrogens with one attached hydrogen (secondary N) is 2. The molecule has 1 aromatic heterocycles. The fraction of sp³-hybridized carbons (Fsp3) is 0.400. The summed E-state index contributed by atoms with van der Waals surface area (Å²) in [7, 11) is 0. The lowest BCUT2D eigenvalue weighted by molar-refractivity contribution is -0.119. The van der Waals surface area contributed by atoms with E-state index in [0.717, 1.165) is 24.9 Å². The number of hydrogen-bond donors (Lipinski definition) is 3. The number of amides is 1. The molecule has 0 radical (unpaired) electrons. The number of esters is 1. The number of H-pyrrole nitrogens is 1. The lowest BCUT2D eigenvalue weighted by Gasteiger charge is -2.08. The van der Waals surface area contributed by atoms with Gasteiger partial charge in [-0.3, -0.25) is 4.79 Å². The van der Waals surface area contributed by atoms with Crippen LogP contribution in [0.4, 0.5) is 5.69 Å². The number of aliphatic hydroxyl groups excluding tert-OH is 1. The van der Waals surface area contributed by atoms with E-state index in [2.05, 4.69) is 10.3 Å². The summed E-state index contributed by atoms with van der Waals surface area (Å²) in [6.45, 7) is 4.80. The molecular formula is C20H24N2O4. The minimum atomic E-state index is -0.684. The summed E-state index contributed by atoms with van der Waals surface area (Å²) < 4.78 is 5.12. The molecule has 3 N–H and O–H groups in total. The van der Waals surface area contributed by atoms with Gasteiger partial charge in [0.1, 0.15) is 5.69 Å². The van der Waals surface area contributed by atoms with Crippen molar-refractivity contribution in [1.82, 2.24) is 4.98 Å². The zero-order valence-corrected chi connectivity index (χ0v) is 15.3. The van der Waals surface area contributed by atoms with E-state index in [0.29, 0.717) is 16.8 Å². The summed E-state index contributed by atoms with van der Waals surface area (Å²) in [6.07, 6.45) is 2.58. The van der Waals surface area contributed by atoms with Gasteiger partial charge in [-0.2, -0.15) is 0 Å². The summed E-state index contributed by atoms with van der Waals surface area (Å²) in [5.74, 6) is -0.991. The fourth-order valence-corrected chi connectivity index (χ4v) is 3.65. The number of rotatable bonds is 5. The molecule has 26 heavy (non-hydrogen) atoms. The topological polar surface area (TPSA) is 91.4 Å². The van der Waals surface area contributed by atoms with Gasteiger partial charge in [0.2, 0.25) is 0 Å². The zero-order chi connectivity index (χ0) is 18.8. The summed E-state index contributed by atoms with van der Waals surface area (Å²) >= 11 is 0. The molecule has 6 nitrogen and oxygen atoms in total. The number of benzene rings is 1. The Morgan fingerprint density at radius 1 is 1.27 bits per heavy atom. The third-order valence-electron chi connectivity index (χ3n) is 4.83. The van der Waals surface area contributed by atoms with Gasteiger partial charge in [0, 0.05) is 16.9 Å². The number of fused-ring (bicyclic) bond motifs is 1. The number of carbonyl (C=O) groups excluding carboxylic acids is 2. The van der Waals surface area contributed by atoms with E-state index >= 15 is 0 Å². The van der Waals surface area contributed by atoms with Crippen LogP contribution < -0.4 is 5.32 Å². The second-order valence-corrected chi connectivity index (χ2v) is 6.80. The molecular weight excluding hydrogens is 332 g/mol. The minimum Gasteiger partial charge on any atom is -0.451 e. The SMILES string of the molecule is Cc1[nH]c(C(=O)OCC(=O)Nc2ccc3c(c2)CCC3)c(C)c1[C@H](C)O. The lowest BCUT2D eigenvalue weighted by Crippen LogP contribution is -2.21. The summed E-state index contributed by atoms with van der Waals surface area (Å²) in [4.78, 5) is 27.3. The van der Waals surface area contributed by atoms with Gasteiger partial charge in [-0.25, -0.2) is 4.79 Å². The third kappa shape index (κ3) is 3.65. The highest BCUT2D eigenvalue weighted by atomic mass is 16.5. The predicted molar refractivity (Wildman–Crippen MR) is 98.3 cm³/mol. The fourth-order valence-electron chi connectivity index (χ4n) is 3.65. The largest absolute Gasteiger partial charge is 0.451 e. The van der Waals surface area contributed by atoms with Crippen LogP contribution in [0.3, 0.4) is 0 Å². The predicted octanol–water partition coefficient (Wildman–Crippen LogP) is 2.97. The van der Waals surface area contributed by atoms with Gasteiger partial charge >= 0.3 is 5.97 Å². The Morgan fingerprint density at radius 3 is 2.69 bits per heavy atom. The number of aryl methyl sites for hydroxylation is 3. The second-order valence-electron chi connectivity index (χ2n) is 6.80. The molecule has 1 atom stereocenters. The monoisotopic (exact) mass is 356 g/mol. The van der Waals surface area contributed by atoms with Gasteiger partial charge < -0.3 is 20.1 Å². The van der Waals surface area contributed by atoms with Crippen molar-refractivity contribution in [3.63, 3.8) is 0 Å². The summed E-state index contributed by atoms with van der Waals surface area (Å²) in [5, 5.41) is 12.6. The Morgan fingerprint density at radius 2 is 2.00 bits per heavy atom. The zero-order valence-electron chi connectivity index (χ0n) is 15.3. The Labute approximate surface area is 152 Å². The van der Waals surface area contributed by atoms with Crippen LogP contribution >= 0.6 is 0 Å². The van der Waals surface area contributed by atoms with Crippen LogP contribution in [0.15, 0.2) is 18.2 Å². The number of aromatic nitrogens is 1. The molecule has 0 fully saturated rings. The number of ether oxygens (including phenoxy) is 1. The first-order valence-electron chi connectivity index (χ1n) is 8.82. The number of carbonyl (C=O) groups is 2. The van der Waals surface area contributed by atoms with Crippen LogP contribution in [-0.2, 0) is 22.4 Å². The molecule has 1 aliphatic rings. The molecule has 0 bridgehead atoms. The third-order valence-corrected chi connectivity index (χ3v) is 4.83. The maximum Gasteiger partial charge on any atom is 0.355 e. The highest BCUT2D eigenvalue weighted by molar-refractivity contribution is 5.95. The van der Waals surface area contributed by atoms with Crippen molar-refractivity contribution in [3.05, 3.63) is 51.8 Å². The Balaban J connectivity index is 1.59. The van der Waals surface area contributed by atoms with Crippen molar-refractivity contribution in [3.8, 4) is 0 Å². The molecule has 3 rings (SSSR count). The molecule has 1 heterocycles. The van der Waals surface area contributed by atoms with Crippen LogP contribution in [0.5, 0.6) is 0 Å². The van der Waals surface area contributed by atoms with Crippen molar-refractivity contribution in [2.75, 3.05) is 11.9 Å². The van der Waals surface area contributed by atoms with E-state index in [-0.39, 0.29) is 18.2 Å². The standard InChI is InChI=1S/C20H24N2O4/c1-11-18(13(3)23)12(2)21-19(11)20(25)26-10-17(24)22-16-8-7-14-5-4-6-15(14)9-16/h7-9,13,21,23H,4-6,10H2,1-3H3,(H,22,24)/t13-/m0/s1. The molecule has 0 saturated carbocycles. The van der Waals surface area contributed by atoms with Crippen LogP contribution in [0.1, 0.15) is 57.9 Å². The van der Waals surface area contributed by atoms with Gasteiger partial charge in [0.15, 0.2) is 6.61 Å². The van der Waals surface area contributed by atoms with Crippen LogP contribution in [-0.4, -0.2) is 28.6 Å². The Bertz CT molecular complexity index is 852. The molecule has 1 aromatic carbocycles. The smallest absolute Gasteiger partial charge is 0.355 e. The second kappa shape index (κ2) is 7.33. The molecule has 1 aliphatic carbocycles. The molecule has 0 spiro atoms. The van der Waals surface area contributed by atoms with E-state index in [9.17, 15) is 14.7 Å². The first-order chi connectivity index (χ1) is 12.4. The highest BCUT2D eigenvalue weighted by Crippen LogP contribution is 2.26. The molecule has 138 valence electrons. The molecule has 0 unspecified atom stereocenters. The summed E-state index contributed by atoms with van der Waals surface area (Å²) in [5.41, 5.74) is 5.62. The van der Waals surface area contributed by atoms with Gasteiger partial charge in [-0.15, -0.1) is 0 Å². The van der Waals surface area contributed by atoms with Gasteiger partial charge in [0.25, 0.3) is 5.91 Å². The van der Waals surface area contributed by atoms with E-state index in [1.165, 1.54) is 11.1 Å². The van der Waals surface area contributed by atoms with Crippen LogP contribution in [0, 0.1) is 13.8 Å². The van der Waals surface area contributed by atoms with Crippen LogP contribution in [0.25, 0.3) is 0 Å². The number of aliphatic hydroxyl groups is 1. The quantitative estimate of drug-likeness (QED) is 0.718. The lowest BCUT2D eigenvalue weighted by atomic mass is 10.1.